The van der Waals surface area contributed by atoms with E-state index in [1.807, 2.05) is 0 Å². The normalized spacial score (nSPS) is 10.8. The third-order valence-corrected chi connectivity index (χ3v) is 1.03. The number of likely N-dealkylation sites (N-methyl/N-ethyl adjacent to an activating group) is 1. The number of hydrogen-bond donors (Lipinski definition) is 1. The molecule has 0 saturated carbocycles. The van der Waals surface area contributed by atoms with Gasteiger partial charge in [0.1, 0.15) is 18.1 Å². The van der Waals surface area contributed by atoms with Crippen molar-refractivity contribution in [2.75, 3.05) is 7.05 Å². The van der Waals surface area contributed by atoms with Gasteiger partial charge in [-0.1, -0.05) is 0 Å². The van der Waals surface area contributed by atoms with Gasteiger partial charge in [0.05, 0.1) is 0 Å². The van der Waals surface area contributed by atoms with Crippen LogP contribution in [0.4, 0.5) is 0 Å². The summed E-state index contributed by atoms with van der Waals surface area (Å²) < 4.78 is 0. The van der Waals surface area contributed by atoms with Crippen molar-refractivity contribution in [1.82, 2.24) is 5.32 Å². The molecule has 0 atom stereocenters. The average Bonchev–Trinajstić information content (AvgIpc) is 1.87. The molecule has 0 aromatic rings. The summed E-state index contributed by atoms with van der Waals surface area (Å²) in [5, 5.41) is 2.54. The Labute approximate surface area is 48.1 Å². The van der Waals surface area contributed by atoms with Crippen LogP contribution in [0.15, 0.2) is 0 Å². The molecule has 0 aliphatic carbocycles. The number of rotatable bonds is 3. The van der Waals surface area contributed by atoms with E-state index in [4.69, 9.17) is 0 Å². The van der Waals surface area contributed by atoms with Gasteiger partial charge in [-0.25, -0.2) is 0 Å². The number of hydrogen-bond acceptors (Lipinski definition) is 3. The quantitative estimate of drug-likeness (QED) is 0.393. The fourth-order valence-corrected chi connectivity index (χ4v) is 0.146. The predicted molar refractivity (Wildman–Crippen MR) is 29.6 cm³/mol. The Bertz CT molecular complexity index is 92.6. The Hall–Kier alpha value is -0.700. The molecule has 0 radical (unpaired) electrons. The second kappa shape index (κ2) is 2.57. The van der Waals surface area contributed by atoms with Crippen LogP contribution in [-0.4, -0.2) is 25.2 Å². The van der Waals surface area contributed by atoms with Gasteiger partial charge in [-0.05, 0) is 14.0 Å². The van der Waals surface area contributed by atoms with E-state index in [1.54, 1.807) is 7.05 Å². The van der Waals surface area contributed by atoms with Crippen molar-refractivity contribution in [1.29, 1.82) is 0 Å². The Kier molecular flexibility index (Phi) is 2.34. The molecule has 1 N–H and O–H groups in total. The van der Waals surface area contributed by atoms with Crippen LogP contribution in [0, 0.1) is 0 Å². The molecular weight excluding hydrogens is 106 g/mol. The second-order valence-electron chi connectivity index (χ2n) is 1.77. The van der Waals surface area contributed by atoms with Crippen LogP contribution in [0.1, 0.15) is 6.92 Å². The smallest absolute Gasteiger partial charge is 0.147 e. The van der Waals surface area contributed by atoms with E-state index >= 15 is 0 Å². The number of carbonyl (C=O) groups is 2. The first kappa shape index (κ1) is 7.30. The molecule has 0 saturated heterocycles. The van der Waals surface area contributed by atoms with E-state index in [0.717, 1.165) is 0 Å². The van der Waals surface area contributed by atoms with Crippen LogP contribution in [0.2, 0.25) is 0 Å². The average molecular weight is 115 g/mol. The lowest BCUT2D eigenvalue weighted by Gasteiger charge is -2.11. The van der Waals surface area contributed by atoms with Crippen molar-refractivity contribution in [2.45, 2.75) is 12.5 Å². The molecule has 0 aromatic heterocycles. The molecule has 3 nitrogen and oxygen atoms in total. The van der Waals surface area contributed by atoms with Crippen LogP contribution in [0.25, 0.3) is 0 Å². The highest BCUT2D eigenvalue weighted by atomic mass is 16.1. The van der Waals surface area contributed by atoms with Gasteiger partial charge < -0.3 is 14.9 Å². The van der Waals surface area contributed by atoms with Gasteiger partial charge in [0.25, 0.3) is 0 Å². The topological polar surface area (TPSA) is 46.2 Å². The number of aldehydes is 2. The lowest BCUT2D eigenvalue weighted by molar-refractivity contribution is -0.121. The Morgan fingerprint density at radius 3 is 1.75 bits per heavy atom. The highest BCUT2D eigenvalue weighted by Gasteiger charge is 2.18. The van der Waals surface area contributed by atoms with E-state index in [-0.39, 0.29) is 0 Å². The van der Waals surface area contributed by atoms with Gasteiger partial charge in [-0.15, -0.1) is 0 Å². The van der Waals surface area contributed by atoms with Crippen molar-refractivity contribution < 1.29 is 9.59 Å². The van der Waals surface area contributed by atoms with Crippen molar-refractivity contribution >= 4 is 12.6 Å². The van der Waals surface area contributed by atoms with Gasteiger partial charge in [-0.2, -0.15) is 0 Å². The number of nitrogens with one attached hydrogen (secondary N) is 1. The molecule has 0 aliphatic rings. The summed E-state index contributed by atoms with van der Waals surface area (Å²) in [5.74, 6) is 0. The van der Waals surface area contributed by atoms with Crippen molar-refractivity contribution in [3.63, 3.8) is 0 Å². The molecular formula is C5H9NO2. The monoisotopic (exact) mass is 115 g/mol. The lowest BCUT2D eigenvalue weighted by atomic mass is 10.1. The van der Waals surface area contributed by atoms with Gasteiger partial charge in [-0.3, -0.25) is 0 Å². The first-order valence-electron chi connectivity index (χ1n) is 2.30. The molecule has 8 heavy (non-hydrogen) atoms. The largest absolute Gasteiger partial charge is 0.303 e. The maximum absolute atomic E-state index is 10.00. The van der Waals surface area contributed by atoms with E-state index < -0.39 is 5.54 Å². The minimum absolute atomic E-state index is 0.569. The zero-order valence-corrected chi connectivity index (χ0v) is 4.97. The summed E-state index contributed by atoms with van der Waals surface area (Å²) in [7, 11) is 1.56. The molecule has 0 rings (SSSR count). The van der Waals surface area contributed by atoms with Crippen LogP contribution in [0.5, 0.6) is 0 Å². The van der Waals surface area contributed by atoms with Gasteiger partial charge in [0.15, 0.2) is 0 Å². The zero-order chi connectivity index (χ0) is 6.62. The summed E-state index contributed by atoms with van der Waals surface area (Å²) in [4.78, 5) is 20.0. The first-order valence-corrected chi connectivity index (χ1v) is 2.30. The molecule has 46 valence electrons. The Morgan fingerprint density at radius 1 is 1.38 bits per heavy atom. The summed E-state index contributed by atoms with van der Waals surface area (Å²) in [6, 6.07) is 0. The maximum Gasteiger partial charge on any atom is 0.147 e. The summed E-state index contributed by atoms with van der Waals surface area (Å²) >= 11 is 0. The standard InChI is InChI=1S/C5H9NO2/c1-5(3-7,4-8)6-2/h3-4,6H,1-2H3. The van der Waals surface area contributed by atoms with Crippen molar-refractivity contribution in [2.24, 2.45) is 0 Å². The highest BCUT2D eigenvalue weighted by molar-refractivity contribution is 5.88. The Morgan fingerprint density at radius 2 is 1.75 bits per heavy atom. The third kappa shape index (κ3) is 1.42. The zero-order valence-electron chi connectivity index (χ0n) is 4.97. The summed E-state index contributed by atoms with van der Waals surface area (Å²) in [6.45, 7) is 1.51. The van der Waals surface area contributed by atoms with E-state index in [0.29, 0.717) is 12.6 Å². The van der Waals surface area contributed by atoms with Crippen LogP contribution in [0.3, 0.4) is 0 Å². The first-order chi connectivity index (χ1) is 3.68. The lowest BCUT2D eigenvalue weighted by Crippen LogP contribution is -2.42. The molecule has 0 bridgehead atoms. The maximum atomic E-state index is 10.00. The third-order valence-electron chi connectivity index (χ3n) is 1.03. The fourth-order valence-electron chi connectivity index (χ4n) is 0.146. The van der Waals surface area contributed by atoms with E-state index in [2.05, 4.69) is 5.32 Å². The second-order valence-corrected chi connectivity index (χ2v) is 1.77. The van der Waals surface area contributed by atoms with Crippen LogP contribution < -0.4 is 5.32 Å². The minimum atomic E-state index is -0.986. The molecule has 3 heteroatoms. The minimum Gasteiger partial charge on any atom is -0.303 e. The van der Waals surface area contributed by atoms with E-state index in [1.165, 1.54) is 6.92 Å². The SMILES string of the molecule is CNC(C)(C=O)C=O. The summed E-state index contributed by atoms with van der Waals surface area (Å²) in [6.07, 6.45) is 1.14. The van der Waals surface area contributed by atoms with Crippen molar-refractivity contribution in [3.8, 4) is 0 Å². The highest BCUT2D eigenvalue weighted by Crippen LogP contribution is 1.89. The molecule has 0 unspecified atom stereocenters. The molecule has 0 aromatic carbocycles. The molecule has 0 aliphatic heterocycles. The van der Waals surface area contributed by atoms with E-state index in [9.17, 15) is 9.59 Å². The predicted octanol–water partition coefficient (Wildman–Crippen LogP) is -0.638. The van der Waals surface area contributed by atoms with Crippen LogP contribution >= 0.6 is 0 Å². The molecule has 0 spiro atoms. The molecule has 0 fully saturated rings. The molecule has 0 heterocycles. The summed E-state index contributed by atoms with van der Waals surface area (Å²) in [5.41, 5.74) is -0.986. The van der Waals surface area contributed by atoms with Gasteiger partial charge in [0, 0.05) is 0 Å². The fraction of sp³-hybridized carbons (Fsp3) is 0.600. The van der Waals surface area contributed by atoms with Gasteiger partial charge in [0.2, 0.25) is 0 Å². The van der Waals surface area contributed by atoms with Crippen LogP contribution in [-0.2, 0) is 9.59 Å². The number of carbonyl (C=O) groups excluding carboxylic acids is 2. The molecule has 0 amide bonds. The Balaban J connectivity index is 3.96. The van der Waals surface area contributed by atoms with Crippen molar-refractivity contribution in [3.05, 3.63) is 0 Å². The van der Waals surface area contributed by atoms with Gasteiger partial charge >= 0.3 is 0 Å².